The molecule has 0 saturated carbocycles. The molecule has 0 unspecified atom stereocenters. The maximum absolute atomic E-state index is 4.78. The van der Waals surface area contributed by atoms with Crippen molar-refractivity contribution >= 4 is 32.3 Å². The fourth-order valence-corrected chi connectivity index (χ4v) is 6.30. The van der Waals surface area contributed by atoms with Gasteiger partial charge in [-0.2, -0.15) is 0 Å². The Labute approximate surface area is 251 Å². The summed E-state index contributed by atoms with van der Waals surface area (Å²) in [6.45, 7) is 2.14. The van der Waals surface area contributed by atoms with Gasteiger partial charge >= 0.3 is 0 Å². The highest BCUT2D eigenvalue weighted by molar-refractivity contribution is 6.21. The van der Waals surface area contributed by atoms with E-state index in [4.69, 9.17) is 4.98 Å². The number of hydrogen-bond acceptors (Lipinski definition) is 2. The molecule has 0 amide bonds. The summed E-state index contributed by atoms with van der Waals surface area (Å²) in [4.78, 5) is 9.01. The van der Waals surface area contributed by atoms with Gasteiger partial charge in [-0.1, -0.05) is 115 Å². The normalized spacial score (nSPS) is 11.4. The lowest BCUT2D eigenvalue weighted by atomic mass is 9.85. The summed E-state index contributed by atoms with van der Waals surface area (Å²) in [5.74, 6) is 0. The Morgan fingerprint density at radius 1 is 0.419 bits per heavy atom. The molecule has 8 rings (SSSR count). The second-order valence-corrected chi connectivity index (χ2v) is 11.2. The molecule has 2 aromatic heterocycles. The number of hydrogen-bond donors (Lipinski definition) is 0. The number of benzene rings is 6. The molecule has 0 bridgehead atoms. The van der Waals surface area contributed by atoms with Crippen LogP contribution in [0.4, 0.5) is 0 Å². The Morgan fingerprint density at radius 2 is 0.953 bits per heavy atom. The van der Waals surface area contributed by atoms with Gasteiger partial charge in [0.05, 0.1) is 5.69 Å². The summed E-state index contributed by atoms with van der Waals surface area (Å²) >= 11 is 0. The van der Waals surface area contributed by atoms with Gasteiger partial charge < -0.3 is 0 Å². The van der Waals surface area contributed by atoms with Crippen LogP contribution in [0.5, 0.6) is 0 Å². The molecule has 0 radical (unpaired) electrons. The standard InChI is InChI=1S/C41H28N2/c1-27-12-14-28(15-13-27)40-35-8-2-4-10-37(35)41(38-11-5-3-9-36(38)40)32-19-17-29-23-31(18-16-30(29)24-32)39-21-20-34(26-43-39)33-7-6-22-42-25-33/h2-26H,1H3. The Morgan fingerprint density at radius 3 is 1.53 bits per heavy atom. The first-order valence-corrected chi connectivity index (χ1v) is 14.6. The number of aryl methyl sites for hydroxylation is 1. The van der Waals surface area contributed by atoms with E-state index < -0.39 is 0 Å². The molecule has 0 aliphatic rings. The van der Waals surface area contributed by atoms with E-state index in [1.165, 1.54) is 60.1 Å². The van der Waals surface area contributed by atoms with Crippen molar-refractivity contribution in [1.29, 1.82) is 0 Å². The quantitative estimate of drug-likeness (QED) is 0.204. The van der Waals surface area contributed by atoms with Gasteiger partial charge in [0.1, 0.15) is 0 Å². The average Bonchev–Trinajstić information content (AvgIpc) is 3.08. The summed E-state index contributed by atoms with van der Waals surface area (Å²) in [5.41, 5.74) is 10.5. The number of pyridine rings is 2. The van der Waals surface area contributed by atoms with Crippen molar-refractivity contribution in [2.24, 2.45) is 0 Å². The second kappa shape index (κ2) is 10.3. The fourth-order valence-electron chi connectivity index (χ4n) is 6.30. The van der Waals surface area contributed by atoms with E-state index in [1.807, 2.05) is 18.5 Å². The molecule has 2 nitrogen and oxygen atoms in total. The molecule has 0 aliphatic carbocycles. The van der Waals surface area contributed by atoms with E-state index in [2.05, 4.69) is 139 Å². The van der Waals surface area contributed by atoms with Crippen LogP contribution in [-0.4, -0.2) is 9.97 Å². The molecular weight excluding hydrogens is 520 g/mol. The van der Waals surface area contributed by atoms with Crippen LogP contribution in [0.3, 0.4) is 0 Å². The first-order valence-electron chi connectivity index (χ1n) is 14.6. The third-order valence-corrected chi connectivity index (χ3v) is 8.45. The van der Waals surface area contributed by atoms with E-state index >= 15 is 0 Å². The monoisotopic (exact) mass is 548 g/mol. The molecule has 0 aliphatic heterocycles. The molecular formula is C41H28N2. The van der Waals surface area contributed by atoms with E-state index in [0.29, 0.717) is 0 Å². The number of aromatic nitrogens is 2. The summed E-state index contributed by atoms with van der Waals surface area (Å²) < 4.78 is 0. The van der Waals surface area contributed by atoms with Gasteiger partial charge in [0.15, 0.2) is 0 Å². The van der Waals surface area contributed by atoms with Gasteiger partial charge in [-0.3, -0.25) is 9.97 Å². The van der Waals surface area contributed by atoms with Crippen LogP contribution in [0.1, 0.15) is 5.56 Å². The molecule has 202 valence electrons. The first kappa shape index (κ1) is 25.1. The third kappa shape index (κ3) is 4.45. The minimum absolute atomic E-state index is 0.960. The fraction of sp³-hybridized carbons (Fsp3) is 0.0244. The van der Waals surface area contributed by atoms with Crippen molar-refractivity contribution in [3.05, 3.63) is 158 Å². The van der Waals surface area contributed by atoms with Crippen molar-refractivity contribution in [3.63, 3.8) is 0 Å². The molecule has 6 aromatic carbocycles. The number of fused-ring (bicyclic) bond motifs is 3. The van der Waals surface area contributed by atoms with Gasteiger partial charge in [0.25, 0.3) is 0 Å². The minimum atomic E-state index is 0.960. The molecule has 2 heteroatoms. The molecule has 0 N–H and O–H groups in total. The lowest BCUT2D eigenvalue weighted by Gasteiger charge is -2.18. The highest BCUT2D eigenvalue weighted by Gasteiger charge is 2.16. The summed E-state index contributed by atoms with van der Waals surface area (Å²) in [7, 11) is 0. The Hall–Kier alpha value is -5.60. The van der Waals surface area contributed by atoms with Crippen LogP contribution in [0, 0.1) is 6.92 Å². The highest BCUT2D eigenvalue weighted by Crippen LogP contribution is 2.44. The highest BCUT2D eigenvalue weighted by atomic mass is 14.7. The van der Waals surface area contributed by atoms with Crippen LogP contribution >= 0.6 is 0 Å². The predicted octanol–water partition coefficient (Wildman–Crippen LogP) is 10.9. The van der Waals surface area contributed by atoms with Gasteiger partial charge in [-0.05, 0) is 85.8 Å². The third-order valence-electron chi connectivity index (χ3n) is 8.45. The van der Waals surface area contributed by atoms with E-state index in [1.54, 1.807) is 6.20 Å². The lowest BCUT2D eigenvalue weighted by molar-refractivity contribution is 1.30. The van der Waals surface area contributed by atoms with Crippen molar-refractivity contribution in [1.82, 2.24) is 9.97 Å². The van der Waals surface area contributed by atoms with Crippen molar-refractivity contribution in [2.75, 3.05) is 0 Å². The maximum atomic E-state index is 4.78. The van der Waals surface area contributed by atoms with Gasteiger partial charge in [0.2, 0.25) is 0 Å². The predicted molar refractivity (Wildman–Crippen MR) is 181 cm³/mol. The Bertz CT molecular complexity index is 2210. The number of nitrogens with zero attached hydrogens (tertiary/aromatic N) is 2. The van der Waals surface area contributed by atoms with Crippen molar-refractivity contribution in [3.8, 4) is 44.6 Å². The van der Waals surface area contributed by atoms with Gasteiger partial charge in [-0.15, -0.1) is 0 Å². The topological polar surface area (TPSA) is 25.8 Å². The smallest absolute Gasteiger partial charge is 0.0702 e. The zero-order valence-electron chi connectivity index (χ0n) is 23.8. The van der Waals surface area contributed by atoms with E-state index in [9.17, 15) is 0 Å². The van der Waals surface area contributed by atoms with Crippen LogP contribution in [0.25, 0.3) is 77.0 Å². The summed E-state index contributed by atoms with van der Waals surface area (Å²) in [6.07, 6.45) is 5.58. The molecule has 0 atom stereocenters. The van der Waals surface area contributed by atoms with E-state index in [-0.39, 0.29) is 0 Å². The largest absolute Gasteiger partial charge is 0.264 e. The maximum Gasteiger partial charge on any atom is 0.0702 e. The molecule has 0 spiro atoms. The SMILES string of the molecule is Cc1ccc(-c2c3ccccc3c(-c3ccc4cc(-c5ccc(-c6cccnc6)cn5)ccc4c3)c3ccccc23)cc1. The lowest BCUT2D eigenvalue weighted by Crippen LogP contribution is -1.91. The molecule has 8 aromatic rings. The van der Waals surface area contributed by atoms with Gasteiger partial charge in [0, 0.05) is 35.3 Å². The average molecular weight is 549 g/mol. The Balaban J connectivity index is 1.25. The molecule has 43 heavy (non-hydrogen) atoms. The zero-order chi connectivity index (χ0) is 28.8. The molecule has 2 heterocycles. The van der Waals surface area contributed by atoms with Gasteiger partial charge in [-0.25, -0.2) is 0 Å². The van der Waals surface area contributed by atoms with E-state index in [0.717, 1.165) is 22.4 Å². The van der Waals surface area contributed by atoms with Crippen LogP contribution in [0.15, 0.2) is 152 Å². The van der Waals surface area contributed by atoms with Crippen molar-refractivity contribution < 1.29 is 0 Å². The van der Waals surface area contributed by atoms with Crippen molar-refractivity contribution in [2.45, 2.75) is 6.92 Å². The Kier molecular flexibility index (Phi) is 6.05. The molecule has 0 fully saturated rings. The summed E-state index contributed by atoms with van der Waals surface area (Å²) in [6, 6.07) is 48.3. The second-order valence-electron chi connectivity index (χ2n) is 11.2. The van der Waals surface area contributed by atoms with Crippen LogP contribution in [-0.2, 0) is 0 Å². The summed E-state index contributed by atoms with van der Waals surface area (Å²) in [5, 5.41) is 7.50. The van der Waals surface area contributed by atoms with Crippen LogP contribution in [0.2, 0.25) is 0 Å². The number of rotatable bonds is 4. The van der Waals surface area contributed by atoms with Crippen LogP contribution < -0.4 is 0 Å². The molecule has 0 saturated heterocycles. The first-order chi connectivity index (χ1) is 21.2. The zero-order valence-corrected chi connectivity index (χ0v) is 23.8. The minimum Gasteiger partial charge on any atom is -0.264 e.